The van der Waals surface area contributed by atoms with Crippen LogP contribution >= 0.6 is 0 Å². The smallest absolute Gasteiger partial charge is 0.332 e. The molecule has 0 saturated carbocycles. The van der Waals surface area contributed by atoms with Crippen LogP contribution < -0.4 is 10.6 Å². The second kappa shape index (κ2) is 10.8. The van der Waals surface area contributed by atoms with Crippen LogP contribution in [0.1, 0.15) is 50.4 Å². The Balaban J connectivity index is 2.27. The number of hydrogen-bond acceptors (Lipinski definition) is 8. The summed E-state index contributed by atoms with van der Waals surface area (Å²) in [7, 11) is 0. The molecule has 1 fully saturated rings. The summed E-state index contributed by atoms with van der Waals surface area (Å²) in [4.78, 5) is 48.7. The standard InChI is InChI=1S/C21H28N2O8/c1-4-5-7-14-17(25)12(3)31-21(29)16(11(2)30-20(14)28)23-19(27)13-8-6-9-15(18(13)26)22-10-24/h6,8-12,14,16-17,25-26H,4-5,7H2,1-3H3,(H,22,24)(H,23,27)/t11-,12-,14+,16-,17-/m1/s1. The molecule has 31 heavy (non-hydrogen) atoms. The van der Waals surface area contributed by atoms with Gasteiger partial charge in [0, 0.05) is 0 Å². The Morgan fingerprint density at radius 2 is 1.84 bits per heavy atom. The summed E-state index contributed by atoms with van der Waals surface area (Å²) in [6.07, 6.45) is -1.15. The number of carbonyl (C=O) groups excluding carboxylic acids is 4. The van der Waals surface area contributed by atoms with Crippen molar-refractivity contribution in [1.82, 2.24) is 5.32 Å². The minimum Gasteiger partial charge on any atom is -0.505 e. The molecular formula is C21H28N2O8. The van der Waals surface area contributed by atoms with Crippen LogP contribution in [-0.2, 0) is 23.9 Å². The van der Waals surface area contributed by atoms with E-state index in [-0.39, 0.29) is 11.3 Å². The number of benzene rings is 1. The van der Waals surface area contributed by atoms with Gasteiger partial charge in [0.2, 0.25) is 6.41 Å². The third-order valence-corrected chi connectivity index (χ3v) is 5.17. The van der Waals surface area contributed by atoms with E-state index in [4.69, 9.17) is 9.47 Å². The van der Waals surface area contributed by atoms with Crippen LogP contribution in [0.5, 0.6) is 5.75 Å². The van der Waals surface area contributed by atoms with Crippen molar-refractivity contribution >= 4 is 29.9 Å². The number of nitrogens with one attached hydrogen (secondary N) is 2. The first-order chi connectivity index (χ1) is 14.7. The van der Waals surface area contributed by atoms with Crippen molar-refractivity contribution in [3.8, 4) is 5.75 Å². The van der Waals surface area contributed by atoms with Crippen LogP contribution in [0.15, 0.2) is 18.2 Å². The molecule has 0 aromatic heterocycles. The third-order valence-electron chi connectivity index (χ3n) is 5.17. The summed E-state index contributed by atoms with van der Waals surface area (Å²) >= 11 is 0. The number of cyclic esters (lactones) is 2. The number of aliphatic hydroxyl groups is 1. The predicted octanol–water partition coefficient (Wildman–Crippen LogP) is 1.10. The Bertz CT molecular complexity index is 828. The molecule has 0 aliphatic carbocycles. The molecule has 170 valence electrons. The van der Waals surface area contributed by atoms with Crippen LogP contribution in [0, 0.1) is 5.92 Å². The average Bonchev–Trinajstić information content (AvgIpc) is 2.74. The number of hydrogen-bond donors (Lipinski definition) is 4. The summed E-state index contributed by atoms with van der Waals surface area (Å²) in [5.74, 6) is -3.77. The fraction of sp³-hybridized carbons (Fsp3) is 0.524. The molecule has 0 spiro atoms. The minimum atomic E-state index is -1.38. The Morgan fingerprint density at radius 1 is 1.16 bits per heavy atom. The van der Waals surface area contributed by atoms with Gasteiger partial charge < -0.3 is 30.3 Å². The first kappa shape index (κ1) is 24.1. The number of esters is 2. The van der Waals surface area contributed by atoms with Crippen molar-refractivity contribution in [1.29, 1.82) is 0 Å². The maximum Gasteiger partial charge on any atom is 0.332 e. The van der Waals surface area contributed by atoms with E-state index in [1.807, 2.05) is 6.92 Å². The van der Waals surface area contributed by atoms with Crippen molar-refractivity contribution in [2.45, 2.75) is 64.4 Å². The molecule has 2 rings (SSSR count). The number of anilines is 1. The molecule has 0 unspecified atom stereocenters. The second-order valence-electron chi connectivity index (χ2n) is 7.44. The van der Waals surface area contributed by atoms with E-state index in [1.54, 1.807) is 0 Å². The Labute approximate surface area is 179 Å². The lowest BCUT2D eigenvalue weighted by molar-refractivity contribution is -0.160. The Morgan fingerprint density at radius 3 is 2.48 bits per heavy atom. The molecule has 10 nitrogen and oxygen atoms in total. The van der Waals surface area contributed by atoms with E-state index in [2.05, 4.69) is 10.6 Å². The van der Waals surface area contributed by atoms with Crippen LogP contribution in [0.2, 0.25) is 0 Å². The highest BCUT2D eigenvalue weighted by Crippen LogP contribution is 2.28. The molecule has 4 N–H and O–H groups in total. The van der Waals surface area contributed by atoms with Gasteiger partial charge in [-0.15, -0.1) is 0 Å². The third kappa shape index (κ3) is 5.72. The first-order valence-corrected chi connectivity index (χ1v) is 10.1. The number of phenolic OH excluding ortho intramolecular Hbond substituents is 1. The maximum absolute atomic E-state index is 12.7. The Kier molecular flexibility index (Phi) is 8.38. The molecule has 2 amide bonds. The number of ether oxygens (including phenoxy) is 2. The molecule has 5 atom stereocenters. The second-order valence-corrected chi connectivity index (χ2v) is 7.44. The van der Waals surface area contributed by atoms with Gasteiger partial charge in [-0.25, -0.2) is 4.79 Å². The molecule has 0 radical (unpaired) electrons. The lowest BCUT2D eigenvalue weighted by Gasteiger charge is -2.24. The van der Waals surface area contributed by atoms with Crippen LogP contribution in [0.3, 0.4) is 0 Å². The number of aromatic hydroxyl groups is 1. The van der Waals surface area contributed by atoms with Gasteiger partial charge in [0.25, 0.3) is 5.91 Å². The summed E-state index contributed by atoms with van der Waals surface area (Å²) in [5.41, 5.74) is -0.193. The van der Waals surface area contributed by atoms with Crippen molar-refractivity contribution < 1.29 is 38.9 Å². The number of unbranched alkanes of at least 4 members (excludes halogenated alkanes) is 1. The van der Waals surface area contributed by atoms with Crippen molar-refractivity contribution in [3.63, 3.8) is 0 Å². The molecule has 0 bridgehead atoms. The topological polar surface area (TPSA) is 151 Å². The summed E-state index contributed by atoms with van der Waals surface area (Å²) < 4.78 is 10.7. The molecule has 1 aromatic carbocycles. The summed E-state index contributed by atoms with van der Waals surface area (Å²) in [6.45, 7) is 4.83. The van der Waals surface area contributed by atoms with Gasteiger partial charge in [-0.1, -0.05) is 25.8 Å². The number of rotatable bonds is 7. The van der Waals surface area contributed by atoms with E-state index >= 15 is 0 Å². The molecular weight excluding hydrogens is 408 g/mol. The lowest BCUT2D eigenvalue weighted by atomic mass is 9.93. The molecule has 1 saturated heterocycles. The highest BCUT2D eigenvalue weighted by Gasteiger charge is 2.41. The first-order valence-electron chi connectivity index (χ1n) is 10.1. The number of para-hydroxylation sites is 1. The van der Waals surface area contributed by atoms with Gasteiger partial charge >= 0.3 is 11.9 Å². The molecule has 1 aliphatic heterocycles. The van der Waals surface area contributed by atoms with Gasteiger partial charge in [0.1, 0.15) is 18.3 Å². The van der Waals surface area contributed by atoms with E-state index in [9.17, 15) is 29.4 Å². The average molecular weight is 436 g/mol. The van der Waals surface area contributed by atoms with Crippen LogP contribution in [-0.4, -0.2) is 58.8 Å². The van der Waals surface area contributed by atoms with Crippen molar-refractivity contribution in [2.24, 2.45) is 5.92 Å². The summed E-state index contributed by atoms with van der Waals surface area (Å²) in [6, 6.07) is 2.74. The minimum absolute atomic E-state index is 0.00896. The van der Waals surface area contributed by atoms with Gasteiger partial charge in [-0.05, 0) is 32.4 Å². The quantitative estimate of drug-likeness (QED) is 0.282. The number of carbonyl (C=O) groups is 4. The van der Waals surface area contributed by atoms with Gasteiger partial charge in [0.15, 0.2) is 11.8 Å². The molecule has 10 heteroatoms. The van der Waals surface area contributed by atoms with Gasteiger partial charge in [-0.3, -0.25) is 14.4 Å². The maximum atomic E-state index is 12.7. The van der Waals surface area contributed by atoms with E-state index in [0.29, 0.717) is 19.3 Å². The highest BCUT2D eigenvalue weighted by molar-refractivity contribution is 6.01. The van der Waals surface area contributed by atoms with E-state index in [0.717, 1.165) is 6.42 Å². The molecule has 1 aliphatic rings. The summed E-state index contributed by atoms with van der Waals surface area (Å²) in [5, 5.41) is 25.4. The van der Waals surface area contributed by atoms with Gasteiger partial charge in [0.05, 0.1) is 17.2 Å². The van der Waals surface area contributed by atoms with Crippen molar-refractivity contribution in [2.75, 3.05) is 5.32 Å². The predicted molar refractivity (Wildman–Crippen MR) is 109 cm³/mol. The lowest BCUT2D eigenvalue weighted by Crippen LogP contribution is -2.50. The normalized spacial score (nSPS) is 26.5. The van der Waals surface area contributed by atoms with Crippen molar-refractivity contribution in [3.05, 3.63) is 23.8 Å². The van der Waals surface area contributed by atoms with Crippen LogP contribution in [0.25, 0.3) is 0 Å². The number of phenols is 1. The highest BCUT2D eigenvalue weighted by atomic mass is 16.6. The molecule has 1 heterocycles. The van der Waals surface area contributed by atoms with Gasteiger partial charge in [-0.2, -0.15) is 0 Å². The molecule has 1 aromatic rings. The number of amides is 2. The Hall–Kier alpha value is -3.14. The fourth-order valence-electron chi connectivity index (χ4n) is 3.34. The van der Waals surface area contributed by atoms with E-state index < -0.39 is 53.9 Å². The zero-order valence-electron chi connectivity index (χ0n) is 17.7. The largest absolute Gasteiger partial charge is 0.505 e. The SMILES string of the molecule is CCCC[C@@H]1C(=O)O[C@H](C)[C@@H](NC(=O)c2cccc(NC=O)c2O)C(=O)O[C@H](C)[C@H]1O. The van der Waals surface area contributed by atoms with E-state index in [1.165, 1.54) is 32.0 Å². The zero-order chi connectivity index (χ0) is 23.1. The zero-order valence-corrected chi connectivity index (χ0v) is 17.7. The monoisotopic (exact) mass is 436 g/mol. The fourth-order valence-corrected chi connectivity index (χ4v) is 3.34. The van der Waals surface area contributed by atoms with Crippen LogP contribution in [0.4, 0.5) is 5.69 Å². The number of aliphatic hydroxyl groups excluding tert-OH is 1.